The van der Waals surface area contributed by atoms with E-state index >= 15 is 0 Å². The molecule has 1 heterocycles. The number of hydrogen-bond donors (Lipinski definition) is 2. The summed E-state index contributed by atoms with van der Waals surface area (Å²) in [7, 11) is 0. The van der Waals surface area contributed by atoms with E-state index in [2.05, 4.69) is 33.0 Å². The van der Waals surface area contributed by atoms with Gasteiger partial charge in [0.25, 0.3) is 0 Å². The first-order valence-electron chi connectivity index (χ1n) is 7.51. The van der Waals surface area contributed by atoms with Gasteiger partial charge in [0.1, 0.15) is 5.71 Å². The molecule has 0 unspecified atom stereocenters. The third-order valence-corrected chi connectivity index (χ3v) is 3.49. The summed E-state index contributed by atoms with van der Waals surface area (Å²) in [6.45, 7) is 1.14. The maximum atomic E-state index is 8.63. The summed E-state index contributed by atoms with van der Waals surface area (Å²) in [5.74, 6) is 0.736. The summed E-state index contributed by atoms with van der Waals surface area (Å²) in [5.41, 5.74) is 6.90. The quantitative estimate of drug-likeness (QED) is 0.507. The predicted molar refractivity (Wildman–Crippen MR) is 92.4 cm³/mol. The average Bonchev–Trinajstić information content (AvgIpc) is 2.62. The number of fused-ring (bicyclic) bond motifs is 1. The van der Waals surface area contributed by atoms with Gasteiger partial charge < -0.3 is 10.7 Å². The van der Waals surface area contributed by atoms with E-state index in [1.54, 1.807) is 0 Å². The number of hydrazone groups is 1. The lowest BCUT2D eigenvalue weighted by molar-refractivity contribution is 0.748. The van der Waals surface area contributed by atoms with Crippen molar-refractivity contribution in [3.63, 3.8) is 0 Å². The minimum Gasteiger partial charge on any atom is -0.338 e. The molecule has 2 aromatic rings. The fraction of sp³-hybridized carbons (Fsp3) is 0.167. The third-order valence-electron chi connectivity index (χ3n) is 3.49. The molecule has 1 aliphatic rings. The van der Waals surface area contributed by atoms with Gasteiger partial charge in [-0.05, 0) is 11.6 Å². The Morgan fingerprint density at radius 3 is 2.78 bits per heavy atom. The highest BCUT2D eigenvalue weighted by Crippen LogP contribution is 2.21. The van der Waals surface area contributed by atoms with E-state index in [4.69, 9.17) is 5.26 Å². The number of para-hydroxylation sites is 1. The number of nitrogens with one attached hydrogen (secondary N) is 2. The molecule has 0 amide bonds. The minimum absolute atomic E-state index is 0.411. The van der Waals surface area contributed by atoms with Crippen LogP contribution in [0.15, 0.2) is 64.7 Å². The molecule has 0 atom stereocenters. The van der Waals surface area contributed by atoms with Gasteiger partial charge in [0.15, 0.2) is 5.84 Å². The maximum Gasteiger partial charge on any atom is 0.154 e. The van der Waals surface area contributed by atoms with Gasteiger partial charge in [-0.1, -0.05) is 48.5 Å². The van der Waals surface area contributed by atoms with Crippen molar-refractivity contribution in [2.75, 3.05) is 11.9 Å². The molecule has 114 valence electrons. The van der Waals surface area contributed by atoms with Gasteiger partial charge in [0, 0.05) is 17.8 Å². The number of hydrogen-bond acceptors (Lipinski definition) is 5. The van der Waals surface area contributed by atoms with E-state index in [0.29, 0.717) is 19.5 Å². The molecule has 0 fully saturated rings. The van der Waals surface area contributed by atoms with E-state index < -0.39 is 0 Å². The summed E-state index contributed by atoms with van der Waals surface area (Å²) in [6, 6.07) is 20.1. The molecule has 0 radical (unpaired) electrons. The fourth-order valence-electron chi connectivity index (χ4n) is 2.34. The van der Waals surface area contributed by atoms with Gasteiger partial charge in [0.05, 0.1) is 19.0 Å². The van der Waals surface area contributed by atoms with Crippen molar-refractivity contribution in [3.05, 3.63) is 65.7 Å². The molecule has 0 saturated carbocycles. The van der Waals surface area contributed by atoms with Crippen LogP contribution in [0.4, 0.5) is 5.69 Å². The highest BCUT2D eigenvalue weighted by atomic mass is 15.3. The van der Waals surface area contributed by atoms with E-state index in [-0.39, 0.29) is 0 Å². The number of anilines is 1. The van der Waals surface area contributed by atoms with Crippen LogP contribution in [0, 0.1) is 11.3 Å². The zero-order chi connectivity index (χ0) is 15.9. The molecule has 2 aromatic carbocycles. The maximum absolute atomic E-state index is 8.63. The molecule has 23 heavy (non-hydrogen) atoms. The number of rotatable bonds is 5. The molecule has 3 rings (SSSR count). The van der Waals surface area contributed by atoms with E-state index in [9.17, 15) is 0 Å². The second-order valence-electron chi connectivity index (χ2n) is 5.09. The number of aliphatic imine (C=N–C) groups is 1. The number of nitrogens with zero attached hydrogens (tertiary/aromatic N) is 3. The standard InChI is InChI=1S/C18H17N5/c19-11-6-12-21-23-17(14-7-2-1-3-8-14)18-20-13-15-9-4-5-10-16(15)22-18/h1-5,7-10,21H,6,12-13H2,(H,20,22)/b23-17-. The van der Waals surface area contributed by atoms with Crippen LogP contribution in [0.5, 0.6) is 0 Å². The van der Waals surface area contributed by atoms with Crippen molar-refractivity contribution in [2.24, 2.45) is 10.1 Å². The molecule has 0 aromatic heterocycles. The zero-order valence-corrected chi connectivity index (χ0v) is 12.7. The lowest BCUT2D eigenvalue weighted by atomic mass is 10.1. The van der Waals surface area contributed by atoms with Gasteiger partial charge >= 0.3 is 0 Å². The Hall–Kier alpha value is -3.13. The topological polar surface area (TPSA) is 72.6 Å². The number of nitriles is 1. The first kappa shape index (κ1) is 14.8. The van der Waals surface area contributed by atoms with Gasteiger partial charge in [-0.15, -0.1) is 0 Å². The van der Waals surface area contributed by atoms with Gasteiger partial charge in [-0.25, -0.2) is 0 Å². The van der Waals surface area contributed by atoms with Crippen molar-refractivity contribution >= 4 is 17.2 Å². The van der Waals surface area contributed by atoms with E-state index in [0.717, 1.165) is 22.8 Å². The monoisotopic (exact) mass is 303 g/mol. The highest BCUT2D eigenvalue weighted by Gasteiger charge is 2.17. The van der Waals surface area contributed by atoms with Crippen LogP contribution in [0.2, 0.25) is 0 Å². The van der Waals surface area contributed by atoms with Crippen molar-refractivity contribution in [1.82, 2.24) is 5.43 Å². The fourth-order valence-corrected chi connectivity index (χ4v) is 2.34. The lowest BCUT2D eigenvalue weighted by Gasteiger charge is -2.19. The second-order valence-corrected chi connectivity index (χ2v) is 5.09. The summed E-state index contributed by atoms with van der Waals surface area (Å²) in [6.07, 6.45) is 0.411. The van der Waals surface area contributed by atoms with Crippen molar-refractivity contribution in [3.8, 4) is 6.07 Å². The predicted octanol–water partition coefficient (Wildman–Crippen LogP) is 2.92. The van der Waals surface area contributed by atoms with Crippen molar-refractivity contribution in [2.45, 2.75) is 13.0 Å². The first-order valence-corrected chi connectivity index (χ1v) is 7.51. The van der Waals surface area contributed by atoms with Crippen LogP contribution in [0.1, 0.15) is 17.5 Å². The number of amidine groups is 1. The van der Waals surface area contributed by atoms with Crippen molar-refractivity contribution < 1.29 is 0 Å². The van der Waals surface area contributed by atoms with Crippen LogP contribution in [-0.2, 0) is 6.54 Å². The lowest BCUT2D eigenvalue weighted by Crippen LogP contribution is -2.29. The molecule has 0 bridgehead atoms. The van der Waals surface area contributed by atoms with Crippen LogP contribution in [-0.4, -0.2) is 18.1 Å². The SMILES string of the molecule is N#CCCN/N=C(\C1=NCc2ccccc2N1)c1ccccc1. The Morgan fingerprint density at radius 2 is 1.96 bits per heavy atom. The van der Waals surface area contributed by atoms with E-state index in [1.807, 2.05) is 48.5 Å². The first-order chi connectivity index (χ1) is 11.4. The Kier molecular flexibility index (Phi) is 4.65. The Balaban J connectivity index is 1.87. The summed E-state index contributed by atoms with van der Waals surface area (Å²) in [5, 5.41) is 16.4. The van der Waals surface area contributed by atoms with E-state index in [1.165, 1.54) is 5.56 Å². The Labute approximate surface area is 135 Å². The molecule has 0 spiro atoms. The Morgan fingerprint density at radius 1 is 1.17 bits per heavy atom. The molecule has 0 saturated heterocycles. The molecule has 2 N–H and O–H groups in total. The average molecular weight is 303 g/mol. The summed E-state index contributed by atoms with van der Waals surface area (Å²) in [4.78, 5) is 4.62. The number of benzene rings is 2. The van der Waals surface area contributed by atoms with Crippen LogP contribution < -0.4 is 10.7 Å². The van der Waals surface area contributed by atoms with Crippen LogP contribution in [0.3, 0.4) is 0 Å². The molecule has 5 nitrogen and oxygen atoms in total. The normalized spacial score (nSPS) is 13.3. The van der Waals surface area contributed by atoms with Crippen LogP contribution >= 0.6 is 0 Å². The third kappa shape index (κ3) is 3.55. The summed E-state index contributed by atoms with van der Waals surface area (Å²) >= 11 is 0. The molecule has 0 aliphatic carbocycles. The van der Waals surface area contributed by atoms with Gasteiger partial charge in [-0.3, -0.25) is 4.99 Å². The minimum atomic E-state index is 0.411. The zero-order valence-electron chi connectivity index (χ0n) is 12.7. The largest absolute Gasteiger partial charge is 0.338 e. The second kappa shape index (κ2) is 7.23. The van der Waals surface area contributed by atoms with Gasteiger partial charge in [0.2, 0.25) is 0 Å². The van der Waals surface area contributed by atoms with Gasteiger partial charge in [-0.2, -0.15) is 10.4 Å². The molecular formula is C18H17N5. The van der Waals surface area contributed by atoms with Crippen LogP contribution in [0.25, 0.3) is 0 Å². The molecule has 1 aliphatic heterocycles. The molecular weight excluding hydrogens is 286 g/mol. The smallest absolute Gasteiger partial charge is 0.154 e. The molecule has 5 heteroatoms. The highest BCUT2D eigenvalue weighted by molar-refractivity contribution is 6.51. The van der Waals surface area contributed by atoms with Crippen molar-refractivity contribution in [1.29, 1.82) is 5.26 Å². The Bertz CT molecular complexity index is 771. The summed E-state index contributed by atoms with van der Waals surface area (Å²) < 4.78 is 0.